The third-order valence-electron chi connectivity index (χ3n) is 8.01. The first-order valence-corrected chi connectivity index (χ1v) is 18.1. The van der Waals surface area contributed by atoms with E-state index in [1.807, 2.05) is 16.9 Å². The summed E-state index contributed by atoms with van der Waals surface area (Å²) in [5.74, 6) is -0.570. The number of unbranched alkanes of at least 4 members (excludes halogenated alkanes) is 1. The summed E-state index contributed by atoms with van der Waals surface area (Å²) in [5, 5.41) is 3.08. The van der Waals surface area contributed by atoms with E-state index in [0.29, 0.717) is 29.0 Å². The highest BCUT2D eigenvalue weighted by Crippen LogP contribution is 2.48. The smallest absolute Gasteiger partial charge is 0.422 e. The number of nitrogens with zero attached hydrogens (tertiary/aromatic N) is 3. The second kappa shape index (κ2) is 16.7. The van der Waals surface area contributed by atoms with Gasteiger partial charge in [-0.05, 0) is 69.2 Å². The molecule has 0 bridgehead atoms. The maximum Gasteiger partial charge on any atom is 0.422 e. The van der Waals surface area contributed by atoms with Crippen LogP contribution in [-0.2, 0) is 31.6 Å². The van der Waals surface area contributed by atoms with Crippen LogP contribution in [0.1, 0.15) is 98.9 Å². The number of nitrogens with one attached hydrogen (secondary N) is 2. The molecule has 0 unspecified atom stereocenters. The molecule has 11 nitrogen and oxygen atoms in total. The molecule has 1 heterocycles. The van der Waals surface area contributed by atoms with Gasteiger partial charge in [0.05, 0.1) is 10.8 Å². The fourth-order valence-corrected chi connectivity index (χ4v) is 5.76. The first-order chi connectivity index (χ1) is 23.5. The Morgan fingerprint density at radius 1 is 0.900 bits per heavy atom. The van der Waals surface area contributed by atoms with Gasteiger partial charge in [-0.1, -0.05) is 48.0 Å². The van der Waals surface area contributed by atoms with E-state index >= 15 is 0 Å². The number of ether oxygens (including phenoxy) is 1. The highest BCUT2D eigenvalue weighted by atomic mass is 35.5. The number of anilines is 1. The van der Waals surface area contributed by atoms with Crippen molar-refractivity contribution in [2.75, 3.05) is 11.9 Å². The molecule has 2 aromatic carbocycles. The average molecular weight is 738 g/mol. The van der Waals surface area contributed by atoms with E-state index in [-0.39, 0.29) is 61.9 Å². The number of carbonyl (C=O) groups is 3. The molecule has 1 aliphatic carbocycles. The number of sulfonamides is 1. The fraction of sp³-hybridized carbons (Fsp3) is 0.471. The van der Waals surface area contributed by atoms with Crippen LogP contribution >= 0.6 is 11.6 Å². The Labute approximate surface area is 293 Å². The number of carbonyl (C=O) groups excluding carboxylic acids is 3. The van der Waals surface area contributed by atoms with Gasteiger partial charge in [-0.3, -0.25) is 19.1 Å². The van der Waals surface area contributed by atoms with Crippen LogP contribution in [-0.4, -0.2) is 58.9 Å². The number of alkyl halides is 3. The lowest BCUT2D eigenvalue weighted by molar-refractivity contribution is -0.154. The van der Waals surface area contributed by atoms with E-state index < -0.39 is 45.5 Å². The van der Waals surface area contributed by atoms with Crippen LogP contribution in [0, 0.1) is 0 Å². The largest absolute Gasteiger partial charge is 0.454 e. The minimum atomic E-state index is -4.58. The number of halogens is 4. The maximum absolute atomic E-state index is 12.9. The van der Waals surface area contributed by atoms with Crippen molar-refractivity contribution in [2.45, 2.75) is 95.0 Å². The van der Waals surface area contributed by atoms with Gasteiger partial charge in [0.25, 0.3) is 0 Å². The maximum atomic E-state index is 12.9. The molecule has 50 heavy (non-hydrogen) atoms. The number of benzene rings is 2. The van der Waals surface area contributed by atoms with Crippen LogP contribution in [0.15, 0.2) is 48.5 Å². The van der Waals surface area contributed by atoms with E-state index in [9.17, 15) is 36.0 Å². The predicted molar refractivity (Wildman–Crippen MR) is 180 cm³/mol. The van der Waals surface area contributed by atoms with Gasteiger partial charge in [0.15, 0.2) is 12.4 Å². The Bertz CT molecular complexity index is 1770. The number of amides is 1. The summed E-state index contributed by atoms with van der Waals surface area (Å²) in [6.45, 7) is 1.36. The molecule has 1 saturated carbocycles. The first-order valence-electron chi connectivity index (χ1n) is 16.2. The van der Waals surface area contributed by atoms with Gasteiger partial charge in [0.1, 0.15) is 11.6 Å². The van der Waals surface area contributed by atoms with Crippen molar-refractivity contribution in [2.24, 2.45) is 0 Å². The molecule has 270 valence electrons. The summed E-state index contributed by atoms with van der Waals surface area (Å²) in [6.07, 6.45) is -1.18. The molecular weight excluding hydrogens is 699 g/mol. The number of ketones is 2. The van der Waals surface area contributed by atoms with Crippen LogP contribution in [0.4, 0.5) is 19.1 Å². The first kappa shape index (κ1) is 38.7. The molecular formula is C34H39ClF3N5O6S. The van der Waals surface area contributed by atoms with Crippen molar-refractivity contribution in [3.8, 4) is 6.01 Å². The number of hydrogen-bond donors (Lipinski definition) is 2. The Balaban J connectivity index is 1.28. The average Bonchev–Trinajstić information content (AvgIpc) is 3.82. The Hall–Kier alpha value is -4.11. The second-order valence-electron chi connectivity index (χ2n) is 12.5. The molecule has 0 saturated heterocycles. The highest BCUT2D eigenvalue weighted by molar-refractivity contribution is 7.90. The van der Waals surface area contributed by atoms with E-state index in [2.05, 4.69) is 20.3 Å². The summed E-state index contributed by atoms with van der Waals surface area (Å²) in [4.78, 5) is 49.4. The van der Waals surface area contributed by atoms with Gasteiger partial charge in [0, 0.05) is 42.7 Å². The summed E-state index contributed by atoms with van der Waals surface area (Å²) >= 11 is 6.02. The molecule has 1 aliphatic rings. The molecule has 0 spiro atoms. The zero-order chi connectivity index (χ0) is 36.5. The lowest BCUT2D eigenvalue weighted by atomic mass is 10.0. The summed E-state index contributed by atoms with van der Waals surface area (Å²) in [7, 11) is -3.70. The SMILES string of the molecule is CC(C)S(=O)(=O)NC(=O)CCCC(=O)CCCCC(=O)c1ccc(Cc2nc(NC3(c4ccc(Cl)cc4)CC3)nc(OCC(F)(F)F)n2)cc1. The molecule has 0 atom stereocenters. The van der Waals surface area contributed by atoms with E-state index in [1.54, 1.807) is 36.4 Å². The van der Waals surface area contributed by atoms with Gasteiger partial charge < -0.3 is 10.1 Å². The molecule has 16 heteroatoms. The zero-order valence-corrected chi connectivity index (χ0v) is 29.3. The minimum Gasteiger partial charge on any atom is -0.454 e. The Morgan fingerprint density at radius 2 is 1.54 bits per heavy atom. The fourth-order valence-electron chi connectivity index (χ4n) is 4.98. The lowest BCUT2D eigenvalue weighted by Gasteiger charge is -2.19. The zero-order valence-electron chi connectivity index (χ0n) is 27.7. The van der Waals surface area contributed by atoms with Crippen LogP contribution in [0.3, 0.4) is 0 Å². The van der Waals surface area contributed by atoms with Gasteiger partial charge in [-0.15, -0.1) is 0 Å². The van der Waals surface area contributed by atoms with Crippen molar-refractivity contribution in [1.82, 2.24) is 19.7 Å². The van der Waals surface area contributed by atoms with Gasteiger partial charge in [-0.2, -0.15) is 28.1 Å². The quantitative estimate of drug-likeness (QED) is 0.103. The summed E-state index contributed by atoms with van der Waals surface area (Å²) < 4.78 is 69.0. The van der Waals surface area contributed by atoms with Crippen molar-refractivity contribution in [3.63, 3.8) is 0 Å². The lowest BCUT2D eigenvalue weighted by Crippen LogP contribution is -2.35. The van der Waals surface area contributed by atoms with Crippen molar-refractivity contribution in [3.05, 3.63) is 76.1 Å². The summed E-state index contributed by atoms with van der Waals surface area (Å²) in [6, 6.07) is 13.5. The minimum absolute atomic E-state index is 0.0674. The van der Waals surface area contributed by atoms with Crippen molar-refractivity contribution < 1.29 is 40.7 Å². The molecule has 0 aliphatic heterocycles. The molecule has 0 radical (unpaired) electrons. The molecule has 2 N–H and O–H groups in total. The third-order valence-corrected chi connectivity index (χ3v) is 10.0. The van der Waals surface area contributed by atoms with Gasteiger partial charge >= 0.3 is 12.2 Å². The molecule has 4 rings (SSSR count). The highest BCUT2D eigenvalue weighted by Gasteiger charge is 2.45. The van der Waals surface area contributed by atoms with Gasteiger partial charge in [0.2, 0.25) is 21.9 Å². The van der Waals surface area contributed by atoms with Crippen LogP contribution in [0.25, 0.3) is 0 Å². The molecule has 1 amide bonds. The number of hydrogen-bond acceptors (Lipinski definition) is 10. The van der Waals surface area contributed by atoms with Crippen LogP contribution < -0.4 is 14.8 Å². The number of aromatic nitrogens is 3. The number of Topliss-reactive ketones (excluding diaryl/α,β-unsaturated/α-hetero) is 2. The van der Waals surface area contributed by atoms with Crippen LogP contribution in [0.2, 0.25) is 5.02 Å². The predicted octanol–water partition coefficient (Wildman–Crippen LogP) is 6.50. The topological polar surface area (TPSA) is 157 Å². The van der Waals surface area contributed by atoms with Crippen LogP contribution in [0.5, 0.6) is 6.01 Å². The van der Waals surface area contributed by atoms with E-state index in [0.717, 1.165) is 18.4 Å². The molecule has 1 aromatic heterocycles. The monoisotopic (exact) mass is 737 g/mol. The van der Waals surface area contributed by atoms with Crippen molar-refractivity contribution in [1.29, 1.82) is 0 Å². The van der Waals surface area contributed by atoms with Gasteiger partial charge in [-0.25, -0.2) is 8.42 Å². The standard InChI is InChI=1S/C34H39ClF3N5O6S/c1-22(2)50(47,48)43-30(46)9-5-7-27(44)6-3-4-8-28(45)24-12-10-23(11-13-24)20-29-39-31(41-32(40-29)49-21-34(36,37)38)42-33(18-19-33)25-14-16-26(35)17-15-25/h10-17,22H,3-9,18-21H2,1-2H3,(H,43,46)(H,39,40,41,42). The third kappa shape index (κ3) is 12.0. The molecule has 3 aromatic rings. The van der Waals surface area contributed by atoms with E-state index in [4.69, 9.17) is 16.3 Å². The normalized spacial score (nSPS) is 13.9. The molecule has 1 fully saturated rings. The Morgan fingerprint density at radius 3 is 2.16 bits per heavy atom. The summed E-state index contributed by atoms with van der Waals surface area (Å²) in [5.41, 5.74) is 1.62. The Kier molecular flexibility index (Phi) is 12.9. The van der Waals surface area contributed by atoms with Crippen molar-refractivity contribution >= 4 is 45.0 Å². The second-order valence-corrected chi connectivity index (χ2v) is 15.2. The number of rotatable bonds is 19. The van der Waals surface area contributed by atoms with E-state index in [1.165, 1.54) is 13.8 Å².